The number of nitrogens with one attached hydrogen (secondary N) is 2. The van der Waals surface area contributed by atoms with Crippen LogP contribution in [0.25, 0.3) is 0 Å². The van der Waals surface area contributed by atoms with E-state index in [4.69, 9.17) is 4.74 Å². The quantitative estimate of drug-likeness (QED) is 0.254. The summed E-state index contributed by atoms with van der Waals surface area (Å²) in [5.74, 6) is 1.98. The van der Waals surface area contributed by atoms with Crippen LogP contribution in [0.2, 0.25) is 0 Å². The molecule has 1 aromatic carbocycles. The molecule has 1 unspecified atom stereocenters. The topological polar surface area (TPSA) is 76.4 Å². The molecule has 1 aliphatic heterocycles. The van der Waals surface area contributed by atoms with Crippen LogP contribution in [0.5, 0.6) is 5.75 Å². The second-order valence-electron chi connectivity index (χ2n) is 6.68. The lowest BCUT2D eigenvalue weighted by molar-refractivity contribution is -0.138. The Balaban J connectivity index is 0.00000320. The summed E-state index contributed by atoms with van der Waals surface area (Å²) >= 11 is 0. The van der Waals surface area contributed by atoms with Crippen molar-refractivity contribution in [1.29, 1.82) is 0 Å². The molecule has 3 rings (SSSR count). The molecule has 0 spiro atoms. The first-order valence-electron chi connectivity index (χ1n) is 9.63. The highest BCUT2D eigenvalue weighted by molar-refractivity contribution is 14.0. The second kappa shape index (κ2) is 10.8. The molecular weight excluding hydrogens is 512 g/mol. The molecule has 0 fully saturated rings. The van der Waals surface area contributed by atoms with Crippen molar-refractivity contribution in [2.24, 2.45) is 4.99 Å². The van der Waals surface area contributed by atoms with Gasteiger partial charge in [0.15, 0.2) is 5.96 Å². The number of aryl methyl sites for hydroxylation is 2. The average molecular weight is 538 g/mol. The van der Waals surface area contributed by atoms with Gasteiger partial charge in [0.25, 0.3) is 0 Å². The Kier molecular flexibility index (Phi) is 8.74. The van der Waals surface area contributed by atoms with Crippen LogP contribution in [0, 0.1) is 6.92 Å². The molecule has 0 saturated carbocycles. The standard InChI is InChI=1S/C19H25F3N6O.HI/c1-3-23-18(26-15-8-6-11-28-17(15)25-13(2)27-28)24-10-12-29-16-9-5-4-7-14(16)19(20,21)22;/h4-5,7,9,15H,3,6,8,10-12H2,1-2H3,(H2,23,24,26);1H. The zero-order valence-electron chi connectivity index (χ0n) is 16.9. The maximum absolute atomic E-state index is 13.0. The zero-order chi connectivity index (χ0) is 20.9. The van der Waals surface area contributed by atoms with Gasteiger partial charge in [-0.3, -0.25) is 0 Å². The number of fused-ring (bicyclic) bond motifs is 1. The van der Waals surface area contributed by atoms with Crippen molar-refractivity contribution in [1.82, 2.24) is 25.4 Å². The number of guanidine groups is 1. The third-order valence-corrected chi connectivity index (χ3v) is 4.45. The number of aliphatic imine (C=N–C) groups is 1. The number of halogens is 4. The van der Waals surface area contributed by atoms with Gasteiger partial charge >= 0.3 is 6.18 Å². The summed E-state index contributed by atoms with van der Waals surface area (Å²) in [6, 6.07) is 5.15. The minimum absolute atomic E-state index is 0. The van der Waals surface area contributed by atoms with Crippen LogP contribution in [0.3, 0.4) is 0 Å². The Morgan fingerprint density at radius 2 is 2.10 bits per heavy atom. The first-order chi connectivity index (χ1) is 13.9. The summed E-state index contributed by atoms with van der Waals surface area (Å²) < 4.78 is 46.3. The average Bonchev–Trinajstić information content (AvgIpc) is 3.06. The van der Waals surface area contributed by atoms with Crippen molar-refractivity contribution in [3.63, 3.8) is 0 Å². The molecule has 1 aliphatic rings. The van der Waals surface area contributed by atoms with Crippen LogP contribution in [0.1, 0.15) is 43.0 Å². The highest BCUT2D eigenvalue weighted by atomic mass is 127. The van der Waals surface area contributed by atoms with Gasteiger partial charge in [-0.15, -0.1) is 24.0 Å². The summed E-state index contributed by atoms with van der Waals surface area (Å²) in [5, 5.41) is 10.9. The Morgan fingerprint density at radius 3 is 2.83 bits per heavy atom. The smallest absolute Gasteiger partial charge is 0.419 e. The molecule has 11 heteroatoms. The zero-order valence-corrected chi connectivity index (χ0v) is 19.2. The molecule has 0 amide bonds. The fraction of sp³-hybridized carbons (Fsp3) is 0.526. The van der Waals surface area contributed by atoms with E-state index < -0.39 is 11.7 Å². The van der Waals surface area contributed by atoms with E-state index in [1.165, 1.54) is 18.2 Å². The van der Waals surface area contributed by atoms with Gasteiger partial charge in [-0.05, 0) is 38.8 Å². The SMILES string of the molecule is CCNC(=NCCOc1ccccc1C(F)(F)F)NC1CCCn2nc(C)nc21.I. The third-order valence-electron chi connectivity index (χ3n) is 4.45. The van der Waals surface area contributed by atoms with E-state index in [9.17, 15) is 13.2 Å². The molecule has 0 saturated heterocycles. The van der Waals surface area contributed by atoms with Gasteiger partial charge in [-0.25, -0.2) is 14.7 Å². The third kappa shape index (κ3) is 6.22. The molecule has 0 aliphatic carbocycles. The number of rotatable bonds is 6. The first kappa shape index (κ1) is 24.2. The van der Waals surface area contributed by atoms with Crippen molar-refractivity contribution < 1.29 is 17.9 Å². The number of aromatic nitrogens is 3. The van der Waals surface area contributed by atoms with E-state index >= 15 is 0 Å². The van der Waals surface area contributed by atoms with Gasteiger partial charge in [0.2, 0.25) is 0 Å². The van der Waals surface area contributed by atoms with Crippen molar-refractivity contribution in [3.05, 3.63) is 41.5 Å². The maximum atomic E-state index is 13.0. The number of alkyl halides is 3. The molecule has 166 valence electrons. The summed E-state index contributed by atoms with van der Waals surface area (Å²) in [7, 11) is 0. The van der Waals surface area contributed by atoms with E-state index in [1.54, 1.807) is 0 Å². The number of hydrogen-bond acceptors (Lipinski definition) is 4. The van der Waals surface area contributed by atoms with Gasteiger partial charge in [0.05, 0.1) is 18.2 Å². The Labute approximate surface area is 190 Å². The van der Waals surface area contributed by atoms with Gasteiger partial charge in [-0.2, -0.15) is 18.3 Å². The molecule has 2 N–H and O–H groups in total. The Morgan fingerprint density at radius 1 is 1.33 bits per heavy atom. The lowest BCUT2D eigenvalue weighted by atomic mass is 10.1. The summed E-state index contributed by atoms with van der Waals surface area (Å²) in [6.45, 7) is 5.54. The van der Waals surface area contributed by atoms with Gasteiger partial charge in [0, 0.05) is 13.1 Å². The largest absolute Gasteiger partial charge is 0.491 e. The lowest BCUT2D eigenvalue weighted by Gasteiger charge is -2.25. The Hall–Kier alpha value is -2.05. The van der Waals surface area contributed by atoms with Crippen LogP contribution in [0.4, 0.5) is 13.2 Å². The molecular formula is C19H26F3IN6O. The normalized spacial score (nSPS) is 16.4. The lowest BCUT2D eigenvalue weighted by Crippen LogP contribution is -2.41. The molecule has 1 atom stereocenters. The van der Waals surface area contributed by atoms with Gasteiger partial charge in [0.1, 0.15) is 24.0 Å². The summed E-state index contributed by atoms with van der Waals surface area (Å²) in [6.07, 6.45) is -2.58. The molecule has 2 heterocycles. The van der Waals surface area contributed by atoms with Crippen molar-refractivity contribution >= 4 is 29.9 Å². The fourth-order valence-electron chi connectivity index (χ4n) is 3.23. The molecule has 0 radical (unpaired) electrons. The molecule has 30 heavy (non-hydrogen) atoms. The monoisotopic (exact) mass is 538 g/mol. The minimum Gasteiger partial charge on any atom is -0.491 e. The predicted molar refractivity (Wildman–Crippen MR) is 118 cm³/mol. The summed E-state index contributed by atoms with van der Waals surface area (Å²) in [4.78, 5) is 8.91. The second-order valence-corrected chi connectivity index (χ2v) is 6.68. The van der Waals surface area contributed by atoms with E-state index in [-0.39, 0.29) is 48.9 Å². The fourth-order valence-corrected chi connectivity index (χ4v) is 3.23. The van der Waals surface area contributed by atoms with E-state index in [0.29, 0.717) is 12.5 Å². The molecule has 7 nitrogen and oxygen atoms in total. The Bertz CT molecular complexity index is 855. The van der Waals surface area contributed by atoms with Crippen LogP contribution in [-0.4, -0.2) is 40.4 Å². The number of nitrogens with zero attached hydrogens (tertiary/aromatic N) is 4. The molecule has 2 aromatic rings. The van der Waals surface area contributed by atoms with E-state index in [0.717, 1.165) is 37.1 Å². The van der Waals surface area contributed by atoms with Crippen LogP contribution < -0.4 is 15.4 Å². The van der Waals surface area contributed by atoms with Crippen molar-refractivity contribution in [2.75, 3.05) is 19.7 Å². The summed E-state index contributed by atoms with van der Waals surface area (Å²) in [5.41, 5.74) is -0.786. The number of para-hydroxylation sites is 1. The highest BCUT2D eigenvalue weighted by Gasteiger charge is 2.34. The van der Waals surface area contributed by atoms with Crippen molar-refractivity contribution in [2.45, 2.75) is 45.5 Å². The van der Waals surface area contributed by atoms with Crippen molar-refractivity contribution in [3.8, 4) is 5.75 Å². The predicted octanol–water partition coefficient (Wildman–Crippen LogP) is 3.69. The van der Waals surface area contributed by atoms with Crippen LogP contribution in [-0.2, 0) is 12.7 Å². The van der Waals surface area contributed by atoms with E-state index in [2.05, 4.69) is 25.7 Å². The number of hydrogen-bond donors (Lipinski definition) is 2. The number of benzene rings is 1. The maximum Gasteiger partial charge on any atom is 0.419 e. The van der Waals surface area contributed by atoms with Crippen LogP contribution >= 0.6 is 24.0 Å². The first-order valence-corrected chi connectivity index (χ1v) is 9.63. The van der Waals surface area contributed by atoms with Gasteiger partial charge in [-0.1, -0.05) is 12.1 Å². The molecule has 0 bridgehead atoms. The van der Waals surface area contributed by atoms with Gasteiger partial charge < -0.3 is 15.4 Å². The highest BCUT2D eigenvalue weighted by Crippen LogP contribution is 2.35. The molecule has 1 aromatic heterocycles. The van der Waals surface area contributed by atoms with Crippen LogP contribution in [0.15, 0.2) is 29.3 Å². The van der Waals surface area contributed by atoms with E-state index in [1.807, 2.05) is 18.5 Å². The number of ether oxygens (including phenoxy) is 1. The minimum atomic E-state index is -4.45.